The summed E-state index contributed by atoms with van der Waals surface area (Å²) < 4.78 is 1.73. The summed E-state index contributed by atoms with van der Waals surface area (Å²) in [5.74, 6) is 0.479. The van der Waals surface area contributed by atoms with E-state index in [0.717, 1.165) is 24.2 Å². The fourth-order valence-electron chi connectivity index (χ4n) is 2.73. The highest BCUT2D eigenvalue weighted by atomic mass is 35.5. The van der Waals surface area contributed by atoms with Crippen LogP contribution in [0.5, 0.6) is 0 Å². The number of piperidine rings is 1. The number of nitrogens with zero attached hydrogens (tertiary/aromatic N) is 3. The molecule has 7 heteroatoms. The Morgan fingerprint density at radius 2 is 2.26 bits per heavy atom. The van der Waals surface area contributed by atoms with Gasteiger partial charge in [-0.05, 0) is 38.0 Å². The molecule has 0 aliphatic carbocycles. The molecular formula is C16H19ClN4O2. The highest BCUT2D eigenvalue weighted by molar-refractivity contribution is 6.30. The maximum atomic E-state index is 12.3. The highest BCUT2D eigenvalue weighted by Crippen LogP contribution is 2.19. The highest BCUT2D eigenvalue weighted by Gasteiger charge is 2.22. The molecule has 1 aliphatic rings. The van der Waals surface area contributed by atoms with Crippen LogP contribution in [0.25, 0.3) is 5.69 Å². The quantitative estimate of drug-likeness (QED) is 0.887. The van der Waals surface area contributed by atoms with Gasteiger partial charge >= 0.3 is 6.03 Å². The third kappa shape index (κ3) is 3.65. The lowest BCUT2D eigenvalue weighted by atomic mass is 10.1. The van der Waals surface area contributed by atoms with Gasteiger partial charge in [0.05, 0.1) is 11.8 Å². The molecule has 6 nitrogen and oxygen atoms in total. The zero-order valence-electron chi connectivity index (χ0n) is 12.9. The molecular weight excluding hydrogens is 316 g/mol. The molecule has 1 unspecified atom stereocenters. The topological polar surface area (TPSA) is 70.4 Å². The smallest absolute Gasteiger partial charge is 0.323 e. The second-order valence-corrected chi connectivity index (χ2v) is 6.17. The molecule has 1 atom stereocenters. The molecule has 0 saturated carbocycles. The molecule has 0 spiro atoms. The van der Waals surface area contributed by atoms with Crippen LogP contribution < -0.4 is 5.32 Å². The van der Waals surface area contributed by atoms with Crippen molar-refractivity contribution in [1.82, 2.24) is 14.7 Å². The Labute approximate surface area is 139 Å². The van der Waals surface area contributed by atoms with Crippen LogP contribution in [0, 0.1) is 6.92 Å². The molecule has 2 aromatic rings. The number of amides is 2. The van der Waals surface area contributed by atoms with Gasteiger partial charge in [-0.25, -0.2) is 9.48 Å². The van der Waals surface area contributed by atoms with E-state index in [4.69, 9.17) is 11.6 Å². The summed E-state index contributed by atoms with van der Waals surface area (Å²) in [5.41, 5.74) is 1.73. The predicted molar refractivity (Wildman–Crippen MR) is 89.1 cm³/mol. The summed E-state index contributed by atoms with van der Waals surface area (Å²) in [6.07, 6.45) is 1.11. The second kappa shape index (κ2) is 6.60. The van der Waals surface area contributed by atoms with E-state index in [9.17, 15) is 9.90 Å². The Balaban J connectivity index is 1.74. The van der Waals surface area contributed by atoms with Crippen LogP contribution in [0.3, 0.4) is 0 Å². The molecule has 122 valence electrons. The third-order valence-electron chi connectivity index (χ3n) is 3.86. The number of aliphatic hydroxyl groups is 1. The number of aromatic nitrogens is 2. The molecule has 23 heavy (non-hydrogen) atoms. The molecule has 1 aromatic carbocycles. The maximum absolute atomic E-state index is 12.3. The zero-order valence-corrected chi connectivity index (χ0v) is 13.6. The number of carbonyl (C=O) groups excluding carboxylic acids is 1. The van der Waals surface area contributed by atoms with Crippen LogP contribution >= 0.6 is 11.6 Å². The lowest BCUT2D eigenvalue weighted by molar-refractivity contribution is 0.0883. The van der Waals surface area contributed by atoms with Crippen LogP contribution in [-0.2, 0) is 0 Å². The van der Waals surface area contributed by atoms with Gasteiger partial charge in [-0.1, -0.05) is 17.7 Å². The second-order valence-electron chi connectivity index (χ2n) is 5.73. The summed E-state index contributed by atoms with van der Waals surface area (Å²) in [6.45, 7) is 2.92. The number of aryl methyl sites for hydroxylation is 1. The van der Waals surface area contributed by atoms with Crippen molar-refractivity contribution >= 4 is 23.4 Å². The number of carbonyl (C=O) groups is 1. The maximum Gasteiger partial charge on any atom is 0.323 e. The van der Waals surface area contributed by atoms with Crippen molar-refractivity contribution < 1.29 is 9.90 Å². The summed E-state index contributed by atoms with van der Waals surface area (Å²) in [6, 6.07) is 8.94. The van der Waals surface area contributed by atoms with E-state index in [1.54, 1.807) is 21.7 Å². The normalized spacial score (nSPS) is 18.0. The molecule has 1 fully saturated rings. The SMILES string of the molecule is Cc1cc(NC(=O)N2CCCC(O)C2)nn1-c1cccc(Cl)c1. The fourth-order valence-corrected chi connectivity index (χ4v) is 2.92. The number of nitrogens with one attached hydrogen (secondary N) is 1. The summed E-state index contributed by atoms with van der Waals surface area (Å²) in [4.78, 5) is 13.9. The number of likely N-dealkylation sites (tertiary alicyclic amines) is 1. The van der Waals surface area contributed by atoms with E-state index in [0.29, 0.717) is 23.9 Å². The van der Waals surface area contributed by atoms with Crippen molar-refractivity contribution in [2.24, 2.45) is 0 Å². The van der Waals surface area contributed by atoms with Crippen LogP contribution in [0.2, 0.25) is 5.02 Å². The van der Waals surface area contributed by atoms with Crippen molar-refractivity contribution in [3.05, 3.63) is 41.0 Å². The van der Waals surface area contributed by atoms with Gasteiger partial charge in [0.25, 0.3) is 0 Å². The van der Waals surface area contributed by atoms with Gasteiger partial charge in [0.1, 0.15) is 0 Å². The van der Waals surface area contributed by atoms with Crippen molar-refractivity contribution in [3.63, 3.8) is 0 Å². The minimum atomic E-state index is -0.444. The Hall–Kier alpha value is -2.05. The van der Waals surface area contributed by atoms with Crippen molar-refractivity contribution in [3.8, 4) is 5.69 Å². The molecule has 0 bridgehead atoms. The third-order valence-corrected chi connectivity index (χ3v) is 4.09. The summed E-state index contributed by atoms with van der Waals surface area (Å²) in [7, 11) is 0. The summed E-state index contributed by atoms with van der Waals surface area (Å²) >= 11 is 6.01. The van der Waals surface area contributed by atoms with Crippen molar-refractivity contribution in [2.75, 3.05) is 18.4 Å². The molecule has 1 aliphatic heterocycles. The molecule has 2 N–H and O–H groups in total. The number of hydrogen-bond acceptors (Lipinski definition) is 3. The number of benzene rings is 1. The largest absolute Gasteiger partial charge is 0.391 e. The van der Waals surface area contributed by atoms with Crippen LogP contribution in [-0.4, -0.2) is 45.0 Å². The lowest BCUT2D eigenvalue weighted by Crippen LogP contribution is -2.44. The first kappa shape index (κ1) is 15.8. The Kier molecular flexibility index (Phi) is 4.54. The van der Waals surface area contributed by atoms with E-state index in [-0.39, 0.29) is 6.03 Å². The number of hydrogen-bond donors (Lipinski definition) is 2. The monoisotopic (exact) mass is 334 g/mol. The fraction of sp³-hybridized carbons (Fsp3) is 0.375. The van der Waals surface area contributed by atoms with Gasteiger partial charge in [0.15, 0.2) is 5.82 Å². The molecule has 1 aromatic heterocycles. The number of halogens is 1. The van der Waals surface area contributed by atoms with Gasteiger partial charge in [-0.2, -0.15) is 0 Å². The average molecular weight is 335 g/mol. The van der Waals surface area contributed by atoms with Gasteiger partial charge in [-0.15, -0.1) is 5.10 Å². The first-order valence-corrected chi connectivity index (χ1v) is 7.97. The van der Waals surface area contributed by atoms with Crippen LogP contribution in [0.15, 0.2) is 30.3 Å². The number of anilines is 1. The Bertz CT molecular complexity index is 716. The van der Waals surface area contributed by atoms with Gasteiger partial charge in [0, 0.05) is 29.9 Å². The van der Waals surface area contributed by atoms with E-state index in [2.05, 4.69) is 10.4 Å². The van der Waals surface area contributed by atoms with Gasteiger partial charge in [-0.3, -0.25) is 5.32 Å². The minimum Gasteiger partial charge on any atom is -0.391 e. The van der Waals surface area contributed by atoms with Gasteiger partial charge in [0.2, 0.25) is 0 Å². The molecule has 2 amide bonds. The minimum absolute atomic E-state index is 0.237. The van der Waals surface area contributed by atoms with E-state index in [1.807, 2.05) is 25.1 Å². The number of urea groups is 1. The first-order chi connectivity index (χ1) is 11.0. The van der Waals surface area contributed by atoms with Crippen molar-refractivity contribution in [2.45, 2.75) is 25.9 Å². The lowest BCUT2D eigenvalue weighted by Gasteiger charge is -2.29. The van der Waals surface area contributed by atoms with Gasteiger partial charge < -0.3 is 10.0 Å². The number of β-amino-alcohol motifs (C(OH)–C–C–N with tert-alkyl or cyclic N) is 1. The molecule has 3 rings (SSSR count). The van der Waals surface area contributed by atoms with Crippen molar-refractivity contribution in [1.29, 1.82) is 0 Å². The van der Waals surface area contributed by atoms with E-state index in [1.165, 1.54) is 0 Å². The van der Waals surface area contributed by atoms with E-state index >= 15 is 0 Å². The standard InChI is InChI=1S/C16H19ClN4O2/c1-11-8-15(18-16(23)20-7-3-6-14(22)10-20)19-21(11)13-5-2-4-12(17)9-13/h2,4-5,8-9,14,22H,3,6-7,10H2,1H3,(H,18,19,23). The van der Waals surface area contributed by atoms with E-state index < -0.39 is 6.10 Å². The zero-order chi connectivity index (χ0) is 16.4. The number of rotatable bonds is 2. The molecule has 0 radical (unpaired) electrons. The Morgan fingerprint density at radius 1 is 1.43 bits per heavy atom. The predicted octanol–water partition coefficient (Wildman–Crippen LogP) is 2.82. The first-order valence-electron chi connectivity index (χ1n) is 7.59. The number of aliphatic hydroxyl groups excluding tert-OH is 1. The molecule has 1 saturated heterocycles. The summed E-state index contributed by atoms with van der Waals surface area (Å²) in [5, 5.41) is 17.5. The van der Waals surface area contributed by atoms with Crippen LogP contribution in [0.1, 0.15) is 18.5 Å². The Morgan fingerprint density at radius 3 is 3.00 bits per heavy atom. The molecule has 2 heterocycles. The average Bonchev–Trinajstić information content (AvgIpc) is 2.88. The van der Waals surface area contributed by atoms with Crippen LogP contribution in [0.4, 0.5) is 10.6 Å².